The Morgan fingerprint density at radius 3 is 2.52 bits per heavy atom. The van der Waals surface area contributed by atoms with Crippen molar-refractivity contribution in [2.75, 3.05) is 19.6 Å². The lowest BCUT2D eigenvalue weighted by Gasteiger charge is -2.10. The van der Waals surface area contributed by atoms with Gasteiger partial charge in [-0.1, -0.05) is 6.92 Å². The Bertz CT molecular complexity index is 666. The molecule has 0 aliphatic carbocycles. The van der Waals surface area contributed by atoms with E-state index in [2.05, 4.69) is 53.3 Å². The van der Waals surface area contributed by atoms with Gasteiger partial charge in [-0.25, -0.2) is 9.97 Å². The highest BCUT2D eigenvalue weighted by Crippen LogP contribution is 2.18. The first-order chi connectivity index (χ1) is 11.6. The van der Waals surface area contributed by atoms with E-state index in [0.717, 1.165) is 44.9 Å². The molecule has 2 N–H and O–H groups in total. The summed E-state index contributed by atoms with van der Waals surface area (Å²) in [5.41, 5.74) is 1.22. The molecule has 2 heterocycles. The summed E-state index contributed by atoms with van der Waals surface area (Å²) in [6.45, 7) is 10.9. The van der Waals surface area contributed by atoms with Crippen LogP contribution in [-0.2, 0) is 19.3 Å². The minimum absolute atomic E-state index is 0. The van der Waals surface area contributed by atoms with Crippen molar-refractivity contribution in [3.05, 3.63) is 31.7 Å². The lowest BCUT2D eigenvalue weighted by atomic mass is 10.3. The summed E-state index contributed by atoms with van der Waals surface area (Å²) in [5, 5.41) is 9.02. The van der Waals surface area contributed by atoms with Gasteiger partial charge in [-0.3, -0.25) is 4.99 Å². The number of hydrogen-bond donors (Lipinski definition) is 2. The maximum atomic E-state index is 4.68. The van der Waals surface area contributed by atoms with Crippen LogP contribution in [0.4, 0.5) is 0 Å². The molecule has 0 bridgehead atoms. The van der Waals surface area contributed by atoms with E-state index in [1.165, 1.54) is 25.5 Å². The van der Waals surface area contributed by atoms with Crippen molar-refractivity contribution in [1.29, 1.82) is 0 Å². The molecular formula is C17H28IN5S2. The van der Waals surface area contributed by atoms with Crippen LogP contribution >= 0.6 is 46.7 Å². The second-order valence-corrected chi connectivity index (χ2v) is 8.12. The van der Waals surface area contributed by atoms with Crippen molar-refractivity contribution in [2.45, 2.75) is 47.0 Å². The van der Waals surface area contributed by atoms with Gasteiger partial charge in [0.1, 0.15) is 0 Å². The van der Waals surface area contributed by atoms with Gasteiger partial charge >= 0.3 is 0 Å². The van der Waals surface area contributed by atoms with Crippen molar-refractivity contribution >= 4 is 52.6 Å². The van der Waals surface area contributed by atoms with E-state index in [-0.39, 0.29) is 24.0 Å². The zero-order chi connectivity index (χ0) is 17.4. The Labute approximate surface area is 175 Å². The smallest absolute Gasteiger partial charge is 0.191 e. The van der Waals surface area contributed by atoms with E-state index in [1.54, 1.807) is 22.7 Å². The van der Waals surface area contributed by atoms with Crippen molar-refractivity contribution in [1.82, 2.24) is 20.6 Å². The van der Waals surface area contributed by atoms with Gasteiger partial charge in [0.15, 0.2) is 5.96 Å². The number of rotatable bonds is 8. The summed E-state index contributed by atoms with van der Waals surface area (Å²) in [4.78, 5) is 16.3. The number of nitrogens with zero attached hydrogens (tertiary/aromatic N) is 3. The number of thiazole rings is 2. The maximum absolute atomic E-state index is 4.68. The second-order valence-electron chi connectivity index (χ2n) is 5.52. The van der Waals surface area contributed by atoms with Crippen molar-refractivity contribution < 1.29 is 0 Å². The second kappa shape index (κ2) is 11.8. The third-order valence-electron chi connectivity index (χ3n) is 3.51. The third kappa shape index (κ3) is 7.57. The molecule has 8 heteroatoms. The van der Waals surface area contributed by atoms with Crippen LogP contribution in [0.5, 0.6) is 0 Å². The standard InChI is InChI=1S/C17H27N5S2.HI/c1-5-14-13(4)24-16(22-14)8-10-20-17(18-6-2)19-9-7-15-21-11-12(3)23-15;/h11H,5-10H2,1-4H3,(H2,18,19,20);1H. The number of aliphatic imine (C=N–C) groups is 1. The van der Waals surface area contributed by atoms with Crippen LogP contribution in [0.25, 0.3) is 0 Å². The van der Waals surface area contributed by atoms with Gasteiger partial charge in [0.25, 0.3) is 0 Å². The van der Waals surface area contributed by atoms with E-state index < -0.39 is 0 Å². The lowest BCUT2D eigenvalue weighted by molar-refractivity contribution is 0.793. The molecule has 25 heavy (non-hydrogen) atoms. The molecule has 0 saturated heterocycles. The topological polar surface area (TPSA) is 62.2 Å². The van der Waals surface area contributed by atoms with Crippen molar-refractivity contribution in [3.8, 4) is 0 Å². The summed E-state index contributed by atoms with van der Waals surface area (Å²) in [6.07, 6.45) is 4.76. The Kier molecular flexibility index (Phi) is 10.5. The summed E-state index contributed by atoms with van der Waals surface area (Å²) >= 11 is 3.55. The number of aryl methyl sites for hydroxylation is 3. The predicted octanol–water partition coefficient (Wildman–Crippen LogP) is 3.74. The minimum atomic E-state index is 0. The van der Waals surface area contributed by atoms with Crippen LogP contribution < -0.4 is 10.6 Å². The molecule has 2 rings (SSSR count). The Morgan fingerprint density at radius 2 is 1.92 bits per heavy atom. The number of aromatic nitrogens is 2. The Balaban J connectivity index is 0.00000312. The van der Waals surface area contributed by atoms with Crippen LogP contribution in [0.15, 0.2) is 11.2 Å². The summed E-state index contributed by atoms with van der Waals surface area (Å²) < 4.78 is 0. The van der Waals surface area contributed by atoms with Crippen LogP contribution in [0, 0.1) is 13.8 Å². The van der Waals surface area contributed by atoms with Gasteiger partial charge in [-0.2, -0.15) is 0 Å². The van der Waals surface area contributed by atoms with Crippen LogP contribution in [0.1, 0.15) is 39.3 Å². The molecule has 0 radical (unpaired) electrons. The average molecular weight is 493 g/mol. The first-order valence-corrected chi connectivity index (χ1v) is 10.1. The largest absolute Gasteiger partial charge is 0.357 e. The van der Waals surface area contributed by atoms with E-state index >= 15 is 0 Å². The average Bonchev–Trinajstić information content (AvgIpc) is 3.12. The molecular weight excluding hydrogens is 465 g/mol. The predicted molar refractivity (Wildman–Crippen MR) is 120 cm³/mol. The van der Waals surface area contributed by atoms with Crippen molar-refractivity contribution in [3.63, 3.8) is 0 Å². The number of guanidine groups is 1. The van der Waals surface area contributed by atoms with Gasteiger partial charge < -0.3 is 10.6 Å². The number of hydrogen-bond acceptors (Lipinski definition) is 5. The van der Waals surface area contributed by atoms with Gasteiger partial charge in [0.2, 0.25) is 0 Å². The van der Waals surface area contributed by atoms with Crippen LogP contribution in [-0.4, -0.2) is 35.6 Å². The highest BCUT2D eigenvalue weighted by atomic mass is 127. The van der Waals surface area contributed by atoms with Crippen molar-refractivity contribution in [2.24, 2.45) is 4.99 Å². The summed E-state index contributed by atoms with van der Waals surface area (Å²) in [7, 11) is 0. The van der Waals surface area contributed by atoms with Crippen LogP contribution in [0.2, 0.25) is 0 Å². The fourth-order valence-electron chi connectivity index (χ4n) is 2.33. The molecule has 0 unspecified atom stereocenters. The molecule has 0 spiro atoms. The quantitative estimate of drug-likeness (QED) is 0.334. The van der Waals surface area contributed by atoms with Gasteiger partial charge in [0.05, 0.1) is 15.7 Å². The molecule has 0 saturated carbocycles. The van der Waals surface area contributed by atoms with E-state index in [4.69, 9.17) is 0 Å². The van der Waals surface area contributed by atoms with Crippen LogP contribution in [0.3, 0.4) is 0 Å². The molecule has 0 amide bonds. The maximum Gasteiger partial charge on any atom is 0.191 e. The normalized spacial score (nSPS) is 11.3. The zero-order valence-electron chi connectivity index (χ0n) is 15.4. The lowest BCUT2D eigenvalue weighted by Crippen LogP contribution is -2.38. The van der Waals surface area contributed by atoms with Gasteiger partial charge in [-0.05, 0) is 27.2 Å². The molecule has 0 atom stereocenters. The monoisotopic (exact) mass is 493 g/mol. The summed E-state index contributed by atoms with van der Waals surface area (Å²) in [6, 6.07) is 0. The molecule has 5 nitrogen and oxygen atoms in total. The third-order valence-corrected chi connectivity index (χ3v) is 5.56. The van der Waals surface area contributed by atoms with Gasteiger partial charge in [0, 0.05) is 48.4 Å². The molecule has 2 aromatic heterocycles. The molecule has 0 fully saturated rings. The molecule has 0 aromatic carbocycles. The zero-order valence-corrected chi connectivity index (χ0v) is 19.3. The molecule has 140 valence electrons. The Morgan fingerprint density at radius 1 is 1.12 bits per heavy atom. The van der Waals surface area contributed by atoms with E-state index in [1.807, 2.05) is 6.20 Å². The fourth-order valence-corrected chi connectivity index (χ4v) is 4.13. The highest BCUT2D eigenvalue weighted by Gasteiger charge is 2.06. The van der Waals surface area contributed by atoms with E-state index in [0.29, 0.717) is 0 Å². The first-order valence-electron chi connectivity index (χ1n) is 8.51. The number of halogens is 1. The van der Waals surface area contributed by atoms with Gasteiger partial charge in [-0.15, -0.1) is 46.7 Å². The fraction of sp³-hybridized carbons (Fsp3) is 0.588. The molecule has 0 aliphatic heterocycles. The Hall–Kier alpha value is -0.740. The molecule has 2 aromatic rings. The van der Waals surface area contributed by atoms with E-state index in [9.17, 15) is 0 Å². The molecule has 0 aliphatic rings. The first kappa shape index (κ1) is 22.3. The SMILES string of the molecule is CCNC(=NCCc1nc(CC)c(C)s1)NCCc1ncc(C)s1.I. The number of nitrogens with one attached hydrogen (secondary N) is 2. The highest BCUT2D eigenvalue weighted by molar-refractivity contribution is 14.0. The minimum Gasteiger partial charge on any atom is -0.357 e. The summed E-state index contributed by atoms with van der Waals surface area (Å²) in [5.74, 6) is 0.870.